The van der Waals surface area contributed by atoms with Crippen LogP contribution in [0.5, 0.6) is 0 Å². The number of hydrogen-bond donors (Lipinski definition) is 2. The second kappa shape index (κ2) is 7.27. The van der Waals surface area contributed by atoms with Gasteiger partial charge < -0.3 is 20.1 Å². The lowest BCUT2D eigenvalue weighted by molar-refractivity contribution is -0.120. The van der Waals surface area contributed by atoms with E-state index in [1.54, 1.807) is 0 Å². The number of carbonyl (C=O) groups excluding carboxylic acids is 1. The molecule has 2 aromatic rings. The molecule has 0 saturated carbocycles. The normalized spacial score (nSPS) is 20.2. The highest BCUT2D eigenvalue weighted by Gasteiger charge is 2.20. The van der Waals surface area contributed by atoms with Gasteiger partial charge in [-0.05, 0) is 30.5 Å². The SMILES string of the molecule is O=C1CN(c2ccc(CNC[C@@H]3CCCn4ccnc43)cc2)CCN1. The van der Waals surface area contributed by atoms with E-state index in [1.165, 1.54) is 24.2 Å². The number of aromatic nitrogens is 2. The lowest BCUT2D eigenvalue weighted by atomic mass is 9.99. The number of amides is 1. The third kappa shape index (κ3) is 3.69. The van der Waals surface area contributed by atoms with Gasteiger partial charge in [0.25, 0.3) is 0 Å². The van der Waals surface area contributed by atoms with Crippen molar-refractivity contribution >= 4 is 11.6 Å². The van der Waals surface area contributed by atoms with Gasteiger partial charge in [0.15, 0.2) is 0 Å². The van der Waals surface area contributed by atoms with Crippen LogP contribution in [-0.4, -0.2) is 41.6 Å². The van der Waals surface area contributed by atoms with Crippen LogP contribution in [0, 0.1) is 0 Å². The number of nitrogens with one attached hydrogen (secondary N) is 2. The van der Waals surface area contributed by atoms with E-state index in [4.69, 9.17) is 0 Å². The Kier molecular flexibility index (Phi) is 4.70. The van der Waals surface area contributed by atoms with Gasteiger partial charge in [-0.3, -0.25) is 4.79 Å². The van der Waals surface area contributed by atoms with Gasteiger partial charge in [-0.25, -0.2) is 4.98 Å². The third-order valence-corrected chi connectivity index (χ3v) is 5.12. The first-order chi connectivity index (χ1) is 12.3. The van der Waals surface area contributed by atoms with Gasteiger partial charge >= 0.3 is 0 Å². The van der Waals surface area contributed by atoms with Crippen LogP contribution in [0.4, 0.5) is 5.69 Å². The first-order valence-electron chi connectivity index (χ1n) is 9.12. The van der Waals surface area contributed by atoms with Gasteiger partial charge in [0.05, 0.1) is 6.54 Å². The Labute approximate surface area is 148 Å². The van der Waals surface area contributed by atoms with E-state index in [-0.39, 0.29) is 5.91 Å². The molecular formula is C19H25N5O. The maximum atomic E-state index is 11.5. The van der Waals surface area contributed by atoms with Gasteiger partial charge in [-0.2, -0.15) is 0 Å². The van der Waals surface area contributed by atoms with E-state index < -0.39 is 0 Å². The van der Waals surface area contributed by atoms with Gasteiger partial charge in [0.1, 0.15) is 5.82 Å². The zero-order valence-electron chi connectivity index (χ0n) is 14.4. The van der Waals surface area contributed by atoms with Crippen molar-refractivity contribution in [3.05, 3.63) is 48.0 Å². The van der Waals surface area contributed by atoms with Crippen LogP contribution >= 0.6 is 0 Å². The molecule has 132 valence electrons. The molecule has 0 bridgehead atoms. The first kappa shape index (κ1) is 16.1. The molecule has 4 rings (SSSR count). The average molecular weight is 339 g/mol. The standard InChI is InChI=1S/C19H25N5O/c25-18-14-24(11-7-21-18)17-5-3-15(4-6-17)12-20-13-16-2-1-9-23-10-8-22-19(16)23/h3-6,8,10,16,20H,1-2,7,9,11-14H2,(H,21,25)/t16-/m0/s1. The molecule has 2 N–H and O–H groups in total. The Morgan fingerprint density at radius 1 is 1.24 bits per heavy atom. The topological polar surface area (TPSA) is 62.2 Å². The lowest BCUT2D eigenvalue weighted by Gasteiger charge is -2.28. The van der Waals surface area contributed by atoms with Crippen LogP contribution < -0.4 is 15.5 Å². The molecule has 2 aliphatic rings. The highest BCUT2D eigenvalue weighted by molar-refractivity contribution is 5.82. The zero-order valence-corrected chi connectivity index (χ0v) is 14.4. The summed E-state index contributed by atoms with van der Waals surface area (Å²) >= 11 is 0. The number of nitrogens with zero attached hydrogens (tertiary/aromatic N) is 3. The number of imidazole rings is 1. The van der Waals surface area contributed by atoms with Crippen LogP contribution in [0.3, 0.4) is 0 Å². The lowest BCUT2D eigenvalue weighted by Crippen LogP contribution is -2.47. The highest BCUT2D eigenvalue weighted by atomic mass is 16.2. The number of carbonyl (C=O) groups is 1. The van der Waals surface area contributed by atoms with Crippen molar-refractivity contribution in [3.8, 4) is 0 Å². The van der Waals surface area contributed by atoms with Crippen molar-refractivity contribution in [1.82, 2.24) is 20.2 Å². The van der Waals surface area contributed by atoms with E-state index in [0.717, 1.165) is 38.4 Å². The number of rotatable bonds is 5. The predicted molar refractivity (Wildman–Crippen MR) is 97.6 cm³/mol. The Morgan fingerprint density at radius 2 is 2.12 bits per heavy atom. The molecule has 1 atom stereocenters. The fraction of sp³-hybridized carbons (Fsp3) is 0.474. The van der Waals surface area contributed by atoms with Crippen LogP contribution in [-0.2, 0) is 17.9 Å². The Bertz CT molecular complexity index is 724. The molecule has 0 aliphatic carbocycles. The molecule has 1 fully saturated rings. The molecule has 1 aromatic heterocycles. The van der Waals surface area contributed by atoms with Crippen molar-refractivity contribution in [2.75, 3.05) is 31.1 Å². The summed E-state index contributed by atoms with van der Waals surface area (Å²) in [4.78, 5) is 18.1. The van der Waals surface area contributed by atoms with Gasteiger partial charge in [0, 0.05) is 56.7 Å². The van der Waals surface area contributed by atoms with Crippen LogP contribution in [0.1, 0.15) is 30.1 Å². The molecule has 1 aromatic carbocycles. The van der Waals surface area contributed by atoms with Crippen LogP contribution in [0.2, 0.25) is 0 Å². The summed E-state index contributed by atoms with van der Waals surface area (Å²) in [6, 6.07) is 8.53. The van der Waals surface area contributed by atoms with E-state index >= 15 is 0 Å². The van der Waals surface area contributed by atoms with E-state index in [2.05, 4.69) is 55.5 Å². The minimum atomic E-state index is 0.0998. The van der Waals surface area contributed by atoms with Crippen molar-refractivity contribution in [3.63, 3.8) is 0 Å². The molecule has 1 amide bonds. The second-order valence-corrected chi connectivity index (χ2v) is 6.89. The van der Waals surface area contributed by atoms with Crippen molar-refractivity contribution < 1.29 is 4.79 Å². The Morgan fingerprint density at radius 3 is 2.96 bits per heavy atom. The van der Waals surface area contributed by atoms with Gasteiger partial charge in [0.2, 0.25) is 5.91 Å². The highest BCUT2D eigenvalue weighted by Crippen LogP contribution is 2.25. The molecular weight excluding hydrogens is 314 g/mol. The van der Waals surface area contributed by atoms with Gasteiger partial charge in [-0.1, -0.05) is 12.1 Å². The fourth-order valence-electron chi connectivity index (χ4n) is 3.77. The molecule has 2 aliphatic heterocycles. The maximum absolute atomic E-state index is 11.5. The largest absolute Gasteiger partial charge is 0.360 e. The average Bonchev–Trinajstić information content (AvgIpc) is 3.12. The zero-order chi connectivity index (χ0) is 17.1. The van der Waals surface area contributed by atoms with Gasteiger partial charge in [-0.15, -0.1) is 0 Å². The quantitative estimate of drug-likeness (QED) is 0.866. The third-order valence-electron chi connectivity index (χ3n) is 5.12. The summed E-state index contributed by atoms with van der Waals surface area (Å²) in [5.41, 5.74) is 2.39. The van der Waals surface area contributed by atoms with E-state index in [1.807, 2.05) is 6.20 Å². The monoisotopic (exact) mass is 339 g/mol. The van der Waals surface area contributed by atoms with Crippen molar-refractivity contribution in [1.29, 1.82) is 0 Å². The molecule has 6 heteroatoms. The minimum Gasteiger partial charge on any atom is -0.360 e. The first-order valence-corrected chi connectivity index (χ1v) is 9.12. The molecule has 0 radical (unpaired) electrons. The molecule has 3 heterocycles. The minimum absolute atomic E-state index is 0.0998. The molecule has 1 saturated heterocycles. The van der Waals surface area contributed by atoms with Crippen LogP contribution in [0.15, 0.2) is 36.7 Å². The van der Waals surface area contributed by atoms with E-state index in [0.29, 0.717) is 12.5 Å². The van der Waals surface area contributed by atoms with Crippen molar-refractivity contribution in [2.24, 2.45) is 0 Å². The maximum Gasteiger partial charge on any atom is 0.239 e. The number of fused-ring (bicyclic) bond motifs is 1. The van der Waals surface area contributed by atoms with E-state index in [9.17, 15) is 4.79 Å². The summed E-state index contributed by atoms with van der Waals surface area (Å²) in [5, 5.41) is 6.44. The Balaban J connectivity index is 1.30. The number of hydrogen-bond acceptors (Lipinski definition) is 4. The Hall–Kier alpha value is -2.34. The molecule has 0 spiro atoms. The summed E-state index contributed by atoms with van der Waals surface area (Å²) in [6.45, 7) is 4.97. The predicted octanol–water partition coefficient (Wildman–Crippen LogP) is 1.49. The van der Waals surface area contributed by atoms with Crippen LogP contribution in [0.25, 0.3) is 0 Å². The smallest absolute Gasteiger partial charge is 0.239 e. The molecule has 0 unspecified atom stereocenters. The summed E-state index contributed by atoms with van der Waals surface area (Å²) in [5.74, 6) is 1.83. The molecule has 6 nitrogen and oxygen atoms in total. The summed E-state index contributed by atoms with van der Waals surface area (Å²) < 4.78 is 2.28. The summed E-state index contributed by atoms with van der Waals surface area (Å²) in [6.07, 6.45) is 6.43. The number of aryl methyl sites for hydroxylation is 1. The number of piperazine rings is 1. The summed E-state index contributed by atoms with van der Waals surface area (Å²) in [7, 11) is 0. The molecule has 25 heavy (non-hydrogen) atoms. The van der Waals surface area contributed by atoms with Crippen molar-refractivity contribution in [2.45, 2.75) is 31.8 Å². The fourth-order valence-corrected chi connectivity index (χ4v) is 3.77. The number of anilines is 1. The second-order valence-electron chi connectivity index (χ2n) is 6.89. The number of benzene rings is 1.